The molecule has 2 heterocycles. The van der Waals surface area contributed by atoms with Gasteiger partial charge in [-0.05, 0) is 18.4 Å². The Morgan fingerprint density at radius 1 is 1.09 bits per heavy atom. The predicted octanol–water partition coefficient (Wildman–Crippen LogP) is 0.419. The average Bonchev–Trinajstić information content (AvgIpc) is 3.55. The van der Waals surface area contributed by atoms with Crippen LogP contribution in [-0.4, -0.2) is 82.7 Å². The minimum atomic E-state index is -0.809. The van der Waals surface area contributed by atoms with Crippen molar-refractivity contribution in [3.63, 3.8) is 0 Å². The first kappa shape index (κ1) is 28.1. The molecule has 1 aromatic rings. The largest absolute Gasteiger partial charge is 0.362 e. The van der Waals surface area contributed by atoms with E-state index >= 15 is 0 Å². The van der Waals surface area contributed by atoms with Gasteiger partial charge in [-0.15, -0.1) is 0 Å². The van der Waals surface area contributed by atoms with Crippen LogP contribution < -0.4 is 16.1 Å². The summed E-state index contributed by atoms with van der Waals surface area (Å²) in [5.74, 6) is 1.04. The number of ether oxygens (including phenoxy) is 1. The number of nitrogens with zero attached hydrogens (tertiary/aromatic N) is 1. The van der Waals surface area contributed by atoms with E-state index in [-0.39, 0.29) is 24.8 Å². The molecular formula is C24H38N4O5S. The normalized spacial score (nSPS) is 21.2. The molecule has 2 saturated heterocycles. The van der Waals surface area contributed by atoms with Crippen molar-refractivity contribution < 1.29 is 23.3 Å². The van der Waals surface area contributed by atoms with Crippen LogP contribution in [0.3, 0.4) is 0 Å². The summed E-state index contributed by atoms with van der Waals surface area (Å²) in [6.07, 6.45) is 0.309. The van der Waals surface area contributed by atoms with Crippen molar-refractivity contribution >= 4 is 28.4 Å². The van der Waals surface area contributed by atoms with E-state index in [4.69, 9.17) is 4.74 Å². The molecule has 34 heavy (non-hydrogen) atoms. The fourth-order valence-corrected chi connectivity index (χ4v) is 4.08. The lowest BCUT2D eigenvalue weighted by Gasteiger charge is -2.27. The number of hydrogen-bond acceptors (Lipinski definition) is 7. The second-order valence-electron chi connectivity index (χ2n) is 9.37. The third-order valence-electron chi connectivity index (χ3n) is 5.17. The van der Waals surface area contributed by atoms with Gasteiger partial charge in [0, 0.05) is 41.8 Å². The highest BCUT2D eigenvalue weighted by atomic mass is 32.2. The van der Waals surface area contributed by atoms with Gasteiger partial charge in [0.1, 0.15) is 11.6 Å². The topological polar surface area (TPSA) is 120 Å². The number of ketones is 1. The van der Waals surface area contributed by atoms with Gasteiger partial charge in [0.05, 0.1) is 19.7 Å². The van der Waals surface area contributed by atoms with Gasteiger partial charge < -0.3 is 15.4 Å². The zero-order chi connectivity index (χ0) is 25.1. The van der Waals surface area contributed by atoms with Gasteiger partial charge in [-0.2, -0.15) is 0 Å². The lowest BCUT2D eigenvalue weighted by molar-refractivity contribution is -0.130. The molecule has 2 aliphatic heterocycles. The molecule has 190 valence electrons. The van der Waals surface area contributed by atoms with Crippen LogP contribution in [0, 0.1) is 5.92 Å². The SMILES string of the molecule is CC(C)C.C[C@]1(C(=O)CNC(=O)C(Cc2ccccc2)NC(=O)CNN2CCS(=O)CC2)CO1. The Hall–Kier alpha value is -2.14. The number of benzene rings is 1. The first-order chi connectivity index (χ1) is 16.1. The number of rotatable bonds is 10. The van der Waals surface area contributed by atoms with E-state index in [1.165, 1.54) is 0 Å². The molecule has 3 N–H and O–H groups in total. The van der Waals surface area contributed by atoms with Crippen molar-refractivity contribution in [3.8, 4) is 0 Å². The van der Waals surface area contributed by atoms with Crippen molar-refractivity contribution in [2.75, 3.05) is 44.3 Å². The molecule has 9 nitrogen and oxygen atoms in total. The van der Waals surface area contributed by atoms with Crippen molar-refractivity contribution in [1.29, 1.82) is 0 Å². The summed E-state index contributed by atoms with van der Waals surface area (Å²) in [5.41, 5.74) is 3.11. The molecule has 10 heteroatoms. The first-order valence-corrected chi connectivity index (χ1v) is 13.2. The minimum Gasteiger partial charge on any atom is -0.362 e. The van der Waals surface area contributed by atoms with Crippen LogP contribution in [0.4, 0.5) is 0 Å². The highest BCUT2D eigenvalue weighted by molar-refractivity contribution is 7.85. The van der Waals surface area contributed by atoms with E-state index in [0.29, 0.717) is 37.6 Å². The lowest BCUT2D eigenvalue weighted by atomic mass is 10.0. The highest BCUT2D eigenvalue weighted by Gasteiger charge is 2.46. The number of Topliss-reactive ketones (excluding diaryl/α,β-unsaturated/α-hetero) is 1. The smallest absolute Gasteiger partial charge is 0.243 e. The van der Waals surface area contributed by atoms with Crippen LogP contribution >= 0.6 is 0 Å². The summed E-state index contributed by atoms with van der Waals surface area (Å²) in [4.78, 5) is 37.2. The van der Waals surface area contributed by atoms with Crippen LogP contribution in [0.25, 0.3) is 0 Å². The first-order valence-electron chi connectivity index (χ1n) is 11.7. The molecule has 2 aliphatic rings. The van der Waals surface area contributed by atoms with Gasteiger partial charge in [0.25, 0.3) is 0 Å². The molecule has 3 rings (SSSR count). The lowest BCUT2D eigenvalue weighted by Crippen LogP contribution is -2.54. The summed E-state index contributed by atoms with van der Waals surface area (Å²) in [6, 6.07) is 8.55. The molecule has 2 amide bonds. The van der Waals surface area contributed by atoms with Crippen LogP contribution in [0.1, 0.15) is 33.3 Å². The second kappa shape index (κ2) is 13.7. The summed E-state index contributed by atoms with van der Waals surface area (Å²) < 4.78 is 16.5. The summed E-state index contributed by atoms with van der Waals surface area (Å²) in [6.45, 7) is 9.64. The van der Waals surface area contributed by atoms with E-state index in [1.807, 2.05) is 35.3 Å². The molecule has 0 aliphatic carbocycles. The van der Waals surface area contributed by atoms with Gasteiger partial charge in [-0.25, -0.2) is 10.4 Å². The van der Waals surface area contributed by atoms with Crippen LogP contribution in [0.15, 0.2) is 30.3 Å². The summed E-state index contributed by atoms with van der Waals surface area (Å²) in [5, 5.41) is 7.23. The molecule has 2 fully saturated rings. The van der Waals surface area contributed by atoms with Crippen molar-refractivity contribution in [2.45, 2.75) is 45.8 Å². The summed E-state index contributed by atoms with van der Waals surface area (Å²) in [7, 11) is -0.793. The zero-order valence-corrected chi connectivity index (χ0v) is 21.4. The standard InChI is InChI=1S/C20H28N4O5S.C4H10/c1-20(14-29-20)17(25)12-21-19(27)16(11-15-5-3-2-4-6-15)23-18(26)13-22-24-7-9-30(28)10-8-24;1-4(2)3/h2-6,16,22H,7-14H2,1H3,(H,21,27)(H,23,26);4H,1-3H3/t16?,20-;/m1./s1. The second-order valence-corrected chi connectivity index (χ2v) is 11.1. The fraction of sp³-hybridized carbons (Fsp3) is 0.625. The van der Waals surface area contributed by atoms with E-state index in [9.17, 15) is 18.6 Å². The average molecular weight is 495 g/mol. The highest BCUT2D eigenvalue weighted by Crippen LogP contribution is 2.26. The predicted molar refractivity (Wildman–Crippen MR) is 132 cm³/mol. The number of hydrazine groups is 1. The maximum Gasteiger partial charge on any atom is 0.243 e. The van der Waals surface area contributed by atoms with Crippen LogP contribution in [0.2, 0.25) is 0 Å². The monoisotopic (exact) mass is 494 g/mol. The Balaban J connectivity index is 0.000000945. The maximum atomic E-state index is 12.7. The van der Waals surface area contributed by atoms with E-state index in [0.717, 1.165) is 11.5 Å². The third kappa shape index (κ3) is 10.4. The van der Waals surface area contributed by atoms with Gasteiger partial charge >= 0.3 is 0 Å². The number of epoxide rings is 1. The van der Waals surface area contributed by atoms with Gasteiger partial charge in [-0.1, -0.05) is 51.1 Å². The van der Waals surface area contributed by atoms with Crippen molar-refractivity contribution in [3.05, 3.63) is 35.9 Å². The van der Waals surface area contributed by atoms with E-state index in [1.54, 1.807) is 6.92 Å². The number of nitrogens with one attached hydrogen (secondary N) is 3. The Kier molecular flexibility index (Phi) is 11.3. The Morgan fingerprint density at radius 3 is 2.24 bits per heavy atom. The van der Waals surface area contributed by atoms with Crippen LogP contribution in [0.5, 0.6) is 0 Å². The molecule has 1 unspecified atom stereocenters. The molecule has 2 atom stereocenters. The summed E-state index contributed by atoms with van der Waals surface area (Å²) >= 11 is 0. The third-order valence-corrected chi connectivity index (χ3v) is 6.44. The quantitative estimate of drug-likeness (QED) is 0.403. The van der Waals surface area contributed by atoms with Crippen molar-refractivity contribution in [2.24, 2.45) is 5.92 Å². The zero-order valence-electron chi connectivity index (χ0n) is 20.6. The number of carbonyl (C=O) groups is 3. The Labute approximate surface area is 204 Å². The van der Waals surface area contributed by atoms with E-state index in [2.05, 4.69) is 36.8 Å². The molecule has 0 spiro atoms. The molecule has 1 aromatic carbocycles. The van der Waals surface area contributed by atoms with Crippen LogP contribution in [-0.2, 0) is 36.3 Å². The maximum absolute atomic E-state index is 12.7. The van der Waals surface area contributed by atoms with Gasteiger partial charge in [-0.3, -0.25) is 18.6 Å². The molecule has 0 saturated carbocycles. The Bertz CT molecular complexity index is 832. The molecule has 0 aromatic heterocycles. The van der Waals surface area contributed by atoms with Gasteiger partial charge in [0.15, 0.2) is 5.78 Å². The molecule has 0 bridgehead atoms. The number of hydrogen-bond donors (Lipinski definition) is 3. The van der Waals surface area contributed by atoms with E-state index < -0.39 is 28.3 Å². The number of carbonyl (C=O) groups excluding carboxylic acids is 3. The molecular weight excluding hydrogens is 456 g/mol. The van der Waals surface area contributed by atoms with Crippen molar-refractivity contribution in [1.82, 2.24) is 21.1 Å². The molecule has 0 radical (unpaired) electrons. The fourth-order valence-electron chi connectivity index (χ4n) is 3.03. The Morgan fingerprint density at radius 2 is 1.68 bits per heavy atom. The van der Waals surface area contributed by atoms with Gasteiger partial charge in [0.2, 0.25) is 11.8 Å². The number of amides is 2. The minimum absolute atomic E-state index is 0.00997.